The highest BCUT2D eigenvalue weighted by Crippen LogP contribution is 2.36. The van der Waals surface area contributed by atoms with Crippen LogP contribution >= 0.6 is 11.8 Å². The van der Waals surface area contributed by atoms with Crippen molar-refractivity contribution in [3.05, 3.63) is 0 Å². The minimum Gasteiger partial charge on any atom is -0.310 e. The van der Waals surface area contributed by atoms with E-state index in [4.69, 9.17) is 0 Å². The van der Waals surface area contributed by atoms with Crippen LogP contribution in [0.2, 0.25) is 0 Å². The van der Waals surface area contributed by atoms with Crippen molar-refractivity contribution in [2.45, 2.75) is 77.8 Å². The first-order chi connectivity index (χ1) is 8.62. The van der Waals surface area contributed by atoms with Gasteiger partial charge in [-0.1, -0.05) is 33.6 Å². The molecule has 0 aromatic heterocycles. The van der Waals surface area contributed by atoms with Crippen LogP contribution in [0.1, 0.15) is 65.7 Å². The molecular formula is C16H31NS. The van der Waals surface area contributed by atoms with Gasteiger partial charge in [-0.25, -0.2) is 0 Å². The van der Waals surface area contributed by atoms with Crippen molar-refractivity contribution >= 4 is 11.8 Å². The molecule has 2 fully saturated rings. The lowest BCUT2D eigenvalue weighted by Gasteiger charge is -2.42. The van der Waals surface area contributed by atoms with Gasteiger partial charge in [0.1, 0.15) is 0 Å². The Morgan fingerprint density at radius 1 is 1.17 bits per heavy atom. The Labute approximate surface area is 118 Å². The smallest absolute Gasteiger partial charge is 0.0212 e. The van der Waals surface area contributed by atoms with Gasteiger partial charge in [-0.05, 0) is 49.2 Å². The summed E-state index contributed by atoms with van der Waals surface area (Å²) in [6, 6.07) is 1.55. The van der Waals surface area contributed by atoms with Crippen LogP contribution in [0, 0.1) is 11.3 Å². The molecule has 1 atom stereocenters. The molecule has 0 aromatic rings. The normalized spacial score (nSPS) is 36.5. The molecule has 1 aliphatic carbocycles. The quantitative estimate of drug-likeness (QED) is 0.808. The molecule has 106 valence electrons. The Kier molecular flexibility index (Phi) is 5.44. The van der Waals surface area contributed by atoms with Crippen molar-refractivity contribution in [2.24, 2.45) is 11.3 Å². The molecule has 1 unspecified atom stereocenters. The third kappa shape index (κ3) is 3.90. The van der Waals surface area contributed by atoms with Gasteiger partial charge in [0.05, 0.1) is 0 Å². The van der Waals surface area contributed by atoms with Gasteiger partial charge in [-0.3, -0.25) is 0 Å². The van der Waals surface area contributed by atoms with E-state index in [1.165, 1.54) is 56.5 Å². The summed E-state index contributed by atoms with van der Waals surface area (Å²) in [4.78, 5) is 0. The molecule has 0 radical (unpaired) electrons. The number of hydrogen-bond donors (Lipinski definition) is 1. The van der Waals surface area contributed by atoms with E-state index < -0.39 is 0 Å². The second-order valence-electron chi connectivity index (χ2n) is 7.04. The minimum atomic E-state index is 0.505. The number of nitrogens with one attached hydrogen (secondary N) is 1. The van der Waals surface area contributed by atoms with Crippen LogP contribution < -0.4 is 5.32 Å². The van der Waals surface area contributed by atoms with E-state index in [0.29, 0.717) is 5.41 Å². The average Bonchev–Trinajstić information content (AvgIpc) is 2.34. The Morgan fingerprint density at radius 2 is 1.89 bits per heavy atom. The fourth-order valence-electron chi connectivity index (χ4n) is 3.52. The molecule has 1 N–H and O–H groups in total. The molecule has 1 nitrogen and oxygen atoms in total. The van der Waals surface area contributed by atoms with E-state index in [9.17, 15) is 0 Å². The van der Waals surface area contributed by atoms with Gasteiger partial charge in [0.2, 0.25) is 0 Å². The summed E-state index contributed by atoms with van der Waals surface area (Å²) in [5.74, 6) is 3.71. The zero-order valence-corrected chi connectivity index (χ0v) is 13.3. The van der Waals surface area contributed by atoms with Gasteiger partial charge in [0.25, 0.3) is 0 Å². The van der Waals surface area contributed by atoms with Crippen LogP contribution in [0.3, 0.4) is 0 Å². The first-order valence-corrected chi connectivity index (χ1v) is 9.11. The van der Waals surface area contributed by atoms with E-state index in [0.717, 1.165) is 18.0 Å². The zero-order valence-electron chi connectivity index (χ0n) is 12.5. The Hall–Kier alpha value is 0.310. The van der Waals surface area contributed by atoms with Crippen molar-refractivity contribution in [1.82, 2.24) is 5.32 Å². The van der Waals surface area contributed by atoms with Crippen LogP contribution in [0.15, 0.2) is 0 Å². The van der Waals surface area contributed by atoms with E-state index in [-0.39, 0.29) is 0 Å². The number of hydrogen-bond acceptors (Lipinski definition) is 2. The standard InChI is InChI=1S/C16H31NS/c1-4-5-13-6-8-14(9-7-13)17-15-12-18-11-10-16(15,2)3/h13-15,17H,4-12H2,1-3H3. The summed E-state index contributed by atoms with van der Waals surface area (Å²) in [7, 11) is 0. The molecule has 0 spiro atoms. The van der Waals surface area contributed by atoms with Crippen LogP contribution in [-0.4, -0.2) is 23.6 Å². The second-order valence-corrected chi connectivity index (χ2v) is 8.19. The number of rotatable bonds is 4. The lowest BCUT2D eigenvalue weighted by molar-refractivity contribution is 0.194. The fraction of sp³-hybridized carbons (Fsp3) is 1.00. The van der Waals surface area contributed by atoms with Gasteiger partial charge >= 0.3 is 0 Å². The first-order valence-electron chi connectivity index (χ1n) is 7.95. The summed E-state index contributed by atoms with van der Waals surface area (Å²) in [5.41, 5.74) is 0.505. The summed E-state index contributed by atoms with van der Waals surface area (Å²) in [6.45, 7) is 7.23. The molecule has 2 aliphatic rings. The van der Waals surface area contributed by atoms with Crippen molar-refractivity contribution < 1.29 is 0 Å². The predicted octanol–water partition coefficient (Wildman–Crippen LogP) is 4.47. The Bertz CT molecular complexity index is 243. The van der Waals surface area contributed by atoms with E-state index in [1.54, 1.807) is 0 Å². The van der Waals surface area contributed by atoms with Gasteiger partial charge < -0.3 is 5.32 Å². The maximum atomic E-state index is 3.99. The molecular weight excluding hydrogens is 238 g/mol. The van der Waals surface area contributed by atoms with Crippen molar-refractivity contribution in [2.75, 3.05) is 11.5 Å². The van der Waals surface area contributed by atoms with Crippen molar-refractivity contribution in [3.8, 4) is 0 Å². The molecule has 2 rings (SSSR count). The summed E-state index contributed by atoms with van der Waals surface area (Å²) >= 11 is 2.14. The molecule has 1 saturated heterocycles. The third-order valence-electron chi connectivity index (χ3n) is 5.10. The predicted molar refractivity (Wildman–Crippen MR) is 83.3 cm³/mol. The molecule has 18 heavy (non-hydrogen) atoms. The van der Waals surface area contributed by atoms with Gasteiger partial charge in [0, 0.05) is 17.8 Å². The summed E-state index contributed by atoms with van der Waals surface area (Å²) in [6.07, 6.45) is 9.97. The van der Waals surface area contributed by atoms with E-state index in [2.05, 4.69) is 37.8 Å². The molecule has 1 heterocycles. The van der Waals surface area contributed by atoms with E-state index in [1.807, 2.05) is 0 Å². The zero-order chi connectivity index (χ0) is 13.0. The monoisotopic (exact) mass is 269 g/mol. The van der Waals surface area contributed by atoms with Crippen LogP contribution in [-0.2, 0) is 0 Å². The second kappa shape index (κ2) is 6.65. The molecule has 0 amide bonds. The van der Waals surface area contributed by atoms with Crippen LogP contribution in [0.5, 0.6) is 0 Å². The topological polar surface area (TPSA) is 12.0 Å². The third-order valence-corrected chi connectivity index (χ3v) is 6.16. The summed E-state index contributed by atoms with van der Waals surface area (Å²) < 4.78 is 0. The Morgan fingerprint density at radius 3 is 2.50 bits per heavy atom. The fourth-order valence-corrected chi connectivity index (χ4v) is 5.14. The lowest BCUT2D eigenvalue weighted by Crippen LogP contribution is -2.51. The van der Waals surface area contributed by atoms with Gasteiger partial charge in [-0.15, -0.1) is 0 Å². The van der Waals surface area contributed by atoms with Crippen LogP contribution in [0.4, 0.5) is 0 Å². The van der Waals surface area contributed by atoms with Gasteiger partial charge in [0.15, 0.2) is 0 Å². The molecule has 1 saturated carbocycles. The Balaban J connectivity index is 1.77. The highest BCUT2D eigenvalue weighted by atomic mass is 32.2. The van der Waals surface area contributed by atoms with Crippen molar-refractivity contribution in [3.63, 3.8) is 0 Å². The lowest BCUT2D eigenvalue weighted by atomic mass is 9.79. The molecule has 1 aliphatic heterocycles. The first kappa shape index (κ1) is 14.7. The molecule has 0 bridgehead atoms. The maximum Gasteiger partial charge on any atom is 0.0212 e. The maximum absolute atomic E-state index is 3.99. The average molecular weight is 269 g/mol. The molecule has 2 heteroatoms. The SMILES string of the molecule is CCCC1CCC(NC2CSCCC2(C)C)CC1. The summed E-state index contributed by atoms with van der Waals surface area (Å²) in [5, 5.41) is 3.99. The van der Waals surface area contributed by atoms with Crippen LogP contribution in [0.25, 0.3) is 0 Å². The highest BCUT2D eigenvalue weighted by molar-refractivity contribution is 7.99. The largest absolute Gasteiger partial charge is 0.310 e. The highest BCUT2D eigenvalue weighted by Gasteiger charge is 2.34. The van der Waals surface area contributed by atoms with Crippen molar-refractivity contribution in [1.29, 1.82) is 0 Å². The van der Waals surface area contributed by atoms with Gasteiger partial charge in [-0.2, -0.15) is 11.8 Å². The minimum absolute atomic E-state index is 0.505. The van der Waals surface area contributed by atoms with E-state index >= 15 is 0 Å². The number of thioether (sulfide) groups is 1. The molecule has 0 aromatic carbocycles.